The summed E-state index contributed by atoms with van der Waals surface area (Å²) in [6.45, 7) is 0.406. The molecule has 0 bridgehead atoms. The van der Waals surface area contributed by atoms with Crippen LogP contribution >= 0.6 is 23.5 Å². The Morgan fingerprint density at radius 1 is 1.37 bits per heavy atom. The fourth-order valence-electron chi connectivity index (χ4n) is 2.46. The first-order valence-corrected chi connectivity index (χ1v) is 10.2. The molecule has 27 heavy (non-hydrogen) atoms. The molecule has 2 aromatic rings. The lowest BCUT2D eigenvalue weighted by Crippen LogP contribution is -2.46. The summed E-state index contributed by atoms with van der Waals surface area (Å²) >= 11 is 2.56. The van der Waals surface area contributed by atoms with Gasteiger partial charge in [-0.15, -0.1) is 11.8 Å². The van der Waals surface area contributed by atoms with Crippen molar-refractivity contribution in [2.24, 2.45) is 0 Å². The first kappa shape index (κ1) is 19.6. The van der Waals surface area contributed by atoms with Crippen molar-refractivity contribution >= 4 is 52.5 Å². The molecule has 1 aromatic heterocycles. The Labute approximate surface area is 163 Å². The van der Waals surface area contributed by atoms with Crippen LogP contribution in [0.2, 0.25) is 0 Å². The number of carbonyl (C=O) groups excluding carboxylic acids is 3. The topological polar surface area (TPSA) is 98.9 Å². The minimum Gasteiger partial charge on any atom is -0.468 e. The van der Waals surface area contributed by atoms with Crippen molar-refractivity contribution in [2.75, 3.05) is 38.3 Å². The lowest BCUT2D eigenvalue weighted by Gasteiger charge is -2.30. The lowest BCUT2D eigenvalue weighted by molar-refractivity contribution is -0.150. The van der Waals surface area contributed by atoms with Gasteiger partial charge in [0.1, 0.15) is 16.5 Å². The van der Waals surface area contributed by atoms with Crippen LogP contribution in [0.3, 0.4) is 0 Å². The molecule has 3 rings (SSSR count). The van der Waals surface area contributed by atoms with Gasteiger partial charge in [0, 0.05) is 18.8 Å². The van der Waals surface area contributed by atoms with E-state index in [0.717, 1.165) is 11.8 Å². The van der Waals surface area contributed by atoms with Gasteiger partial charge in [-0.2, -0.15) is 0 Å². The predicted molar refractivity (Wildman–Crippen MR) is 101 cm³/mol. The number of amides is 1. The third-order valence-corrected chi connectivity index (χ3v) is 5.79. The van der Waals surface area contributed by atoms with Gasteiger partial charge in [-0.1, -0.05) is 23.9 Å². The number of para-hydroxylation sites is 2. The lowest BCUT2D eigenvalue weighted by atomic mass is 10.3. The molecular formula is C17H18N2O6S2. The molecule has 0 spiro atoms. The summed E-state index contributed by atoms with van der Waals surface area (Å²) in [5.74, 6) is -0.603. The molecule has 1 amide bonds. The van der Waals surface area contributed by atoms with Gasteiger partial charge in [0.15, 0.2) is 12.2 Å². The normalized spacial score (nSPS) is 16.9. The summed E-state index contributed by atoms with van der Waals surface area (Å²) in [6.07, 6.45) is 0. The maximum Gasteiger partial charge on any atom is 0.320 e. The molecule has 1 atom stereocenters. The van der Waals surface area contributed by atoms with E-state index in [1.165, 1.54) is 23.8 Å². The van der Waals surface area contributed by atoms with E-state index in [4.69, 9.17) is 13.9 Å². The number of carbonyl (C=O) groups is 3. The van der Waals surface area contributed by atoms with Crippen LogP contribution in [-0.2, 0) is 23.9 Å². The van der Waals surface area contributed by atoms with Crippen LogP contribution in [0, 0.1) is 0 Å². The number of esters is 2. The average molecular weight is 410 g/mol. The van der Waals surface area contributed by atoms with Crippen molar-refractivity contribution in [3.8, 4) is 0 Å². The van der Waals surface area contributed by atoms with E-state index in [1.807, 2.05) is 18.2 Å². The number of methoxy groups -OCH3 is 1. The number of benzene rings is 1. The highest BCUT2D eigenvalue weighted by Crippen LogP contribution is 2.23. The summed E-state index contributed by atoms with van der Waals surface area (Å²) in [4.78, 5) is 41.4. The van der Waals surface area contributed by atoms with Gasteiger partial charge in [0.2, 0.25) is 0 Å². The molecule has 10 heteroatoms. The van der Waals surface area contributed by atoms with Crippen molar-refractivity contribution in [3.05, 3.63) is 24.3 Å². The van der Waals surface area contributed by atoms with E-state index in [9.17, 15) is 14.4 Å². The van der Waals surface area contributed by atoms with Crippen LogP contribution in [0.1, 0.15) is 0 Å². The van der Waals surface area contributed by atoms with Gasteiger partial charge >= 0.3 is 11.9 Å². The Bertz CT molecular complexity index is 807. The number of aromatic nitrogens is 1. The van der Waals surface area contributed by atoms with E-state index in [2.05, 4.69) is 4.98 Å². The van der Waals surface area contributed by atoms with E-state index in [-0.39, 0.29) is 30.8 Å². The van der Waals surface area contributed by atoms with Crippen molar-refractivity contribution < 1.29 is 28.3 Å². The smallest absolute Gasteiger partial charge is 0.320 e. The molecule has 1 aliphatic heterocycles. The van der Waals surface area contributed by atoms with Gasteiger partial charge in [0.25, 0.3) is 11.1 Å². The van der Waals surface area contributed by atoms with Crippen LogP contribution in [0.15, 0.2) is 33.9 Å². The fraction of sp³-hybridized carbons (Fsp3) is 0.412. The Kier molecular flexibility index (Phi) is 6.62. The maximum absolute atomic E-state index is 12.2. The van der Waals surface area contributed by atoms with E-state index in [0.29, 0.717) is 28.6 Å². The molecule has 144 valence electrons. The van der Waals surface area contributed by atoms with Crippen LogP contribution in [0.4, 0.5) is 0 Å². The van der Waals surface area contributed by atoms with Crippen LogP contribution in [-0.4, -0.2) is 71.3 Å². The number of nitrogens with zero attached hydrogens (tertiary/aromatic N) is 2. The summed E-state index contributed by atoms with van der Waals surface area (Å²) in [5, 5.41) is -0.0356. The fourth-order valence-corrected chi connectivity index (χ4v) is 4.22. The maximum atomic E-state index is 12.2. The highest BCUT2D eigenvalue weighted by Gasteiger charge is 2.30. The Balaban J connectivity index is 1.43. The van der Waals surface area contributed by atoms with Crippen molar-refractivity contribution in [1.29, 1.82) is 0 Å². The predicted octanol–water partition coefficient (Wildman–Crippen LogP) is 1.58. The summed E-state index contributed by atoms with van der Waals surface area (Å²) in [5.41, 5.74) is 1.36. The molecule has 1 saturated heterocycles. The first-order valence-electron chi connectivity index (χ1n) is 8.18. The van der Waals surface area contributed by atoms with Gasteiger partial charge in [0.05, 0.1) is 7.11 Å². The van der Waals surface area contributed by atoms with Crippen molar-refractivity contribution in [1.82, 2.24) is 9.88 Å². The minimum absolute atomic E-state index is 0.0132. The highest BCUT2D eigenvalue weighted by atomic mass is 32.2. The number of oxazole rings is 1. The molecule has 1 aliphatic rings. The Hall–Kier alpha value is -2.20. The summed E-state index contributed by atoms with van der Waals surface area (Å²) in [7, 11) is 1.32. The molecule has 0 aliphatic carbocycles. The van der Waals surface area contributed by atoms with Gasteiger partial charge in [-0.25, -0.2) is 4.98 Å². The SMILES string of the molecule is COC(=O)[C@H]1CN(C(=O)COC(=O)CSc2nc3ccccc3o2)CCS1. The standard InChI is InChI=1S/C17H18N2O6S2/c1-23-16(22)13-8-19(6-7-26-13)14(20)9-24-15(21)10-27-17-18-11-4-2-3-5-12(11)25-17/h2-5,13H,6-10H2,1H3/t13-/m1/s1. The van der Waals surface area contributed by atoms with Crippen LogP contribution < -0.4 is 0 Å². The van der Waals surface area contributed by atoms with Gasteiger partial charge in [-0.05, 0) is 12.1 Å². The Morgan fingerprint density at radius 2 is 2.19 bits per heavy atom. The molecule has 0 saturated carbocycles. The number of fused-ring (bicyclic) bond motifs is 1. The first-order chi connectivity index (χ1) is 13.1. The Morgan fingerprint density at radius 3 is 2.96 bits per heavy atom. The second kappa shape index (κ2) is 9.14. The zero-order chi connectivity index (χ0) is 19.2. The molecular weight excluding hydrogens is 392 g/mol. The number of thioether (sulfide) groups is 2. The summed E-state index contributed by atoms with van der Waals surface area (Å²) < 4.78 is 15.2. The van der Waals surface area contributed by atoms with Gasteiger partial charge < -0.3 is 18.8 Å². The minimum atomic E-state index is -0.536. The van der Waals surface area contributed by atoms with Crippen molar-refractivity contribution in [3.63, 3.8) is 0 Å². The highest BCUT2D eigenvalue weighted by molar-refractivity contribution is 8.00. The zero-order valence-corrected chi connectivity index (χ0v) is 16.2. The number of rotatable bonds is 6. The van der Waals surface area contributed by atoms with E-state index in [1.54, 1.807) is 6.07 Å². The molecule has 8 nitrogen and oxygen atoms in total. The molecule has 0 N–H and O–H groups in total. The van der Waals surface area contributed by atoms with E-state index < -0.39 is 11.2 Å². The third-order valence-electron chi connectivity index (χ3n) is 3.83. The average Bonchev–Trinajstić information content (AvgIpc) is 3.13. The molecule has 1 aromatic carbocycles. The second-order valence-electron chi connectivity index (χ2n) is 5.62. The van der Waals surface area contributed by atoms with Crippen LogP contribution in [0.25, 0.3) is 11.1 Å². The van der Waals surface area contributed by atoms with Crippen LogP contribution in [0.5, 0.6) is 0 Å². The van der Waals surface area contributed by atoms with Crippen molar-refractivity contribution in [2.45, 2.75) is 10.5 Å². The largest absolute Gasteiger partial charge is 0.468 e. The van der Waals surface area contributed by atoms with E-state index >= 15 is 0 Å². The monoisotopic (exact) mass is 410 g/mol. The second-order valence-corrected chi connectivity index (χ2v) is 7.86. The molecule has 2 heterocycles. The quantitative estimate of drug-likeness (QED) is 0.519. The number of hydrogen-bond donors (Lipinski definition) is 0. The third kappa shape index (κ3) is 5.16. The van der Waals surface area contributed by atoms with Gasteiger partial charge in [-0.3, -0.25) is 14.4 Å². The number of hydrogen-bond acceptors (Lipinski definition) is 9. The molecule has 0 unspecified atom stereocenters. The number of ether oxygens (including phenoxy) is 2. The molecule has 1 fully saturated rings. The summed E-state index contributed by atoms with van der Waals surface area (Å²) in [6, 6.07) is 7.30. The molecule has 0 radical (unpaired) electrons. The zero-order valence-electron chi connectivity index (χ0n) is 14.6.